The molecular weight excluding hydrogens is 280 g/mol. The molecule has 0 bridgehead atoms. The van der Waals surface area contributed by atoms with Crippen molar-refractivity contribution in [2.45, 2.75) is 32.1 Å². The van der Waals surface area contributed by atoms with E-state index in [4.69, 9.17) is 20.4 Å². The van der Waals surface area contributed by atoms with Crippen LogP contribution >= 0.6 is 0 Å². The van der Waals surface area contributed by atoms with Gasteiger partial charge < -0.3 is 24.8 Å². The summed E-state index contributed by atoms with van der Waals surface area (Å²) in [5, 5.41) is 34.5. The van der Waals surface area contributed by atoms with Crippen LogP contribution in [0.1, 0.15) is 53.2 Å². The van der Waals surface area contributed by atoms with Crippen LogP contribution in [0, 0.1) is 5.41 Å². The molecule has 2 rings (SSSR count). The molecule has 0 aromatic carbocycles. The van der Waals surface area contributed by atoms with Crippen molar-refractivity contribution in [3.05, 3.63) is 23.7 Å². The lowest BCUT2D eigenvalue weighted by molar-refractivity contribution is 0.0234. The van der Waals surface area contributed by atoms with Crippen LogP contribution in [0.25, 0.3) is 0 Å². The predicted molar refractivity (Wildman–Crippen MR) is 72.3 cm³/mol. The van der Waals surface area contributed by atoms with Gasteiger partial charge in [0.25, 0.3) is 0 Å². The lowest BCUT2D eigenvalue weighted by atomic mass is 9.75. The summed E-state index contributed by atoms with van der Waals surface area (Å²) in [6, 6.07) is 2.18. The van der Waals surface area contributed by atoms with Crippen molar-refractivity contribution in [3.63, 3.8) is 0 Å². The highest BCUT2D eigenvalue weighted by atomic mass is 16.4. The standard InChI is InChI=1S/C8H16O2.C6H4O5/c9-6-8(7-10)4-2-1-3-5-8;7-5(8)3-1-2-4(11-3)6(9)10/h9-10H,1-7H2;1-2H,(H,7,8)(H,9,10). The van der Waals surface area contributed by atoms with Crippen molar-refractivity contribution < 1.29 is 34.4 Å². The third-order valence-electron chi connectivity index (χ3n) is 3.61. The summed E-state index contributed by atoms with van der Waals surface area (Å²) in [4.78, 5) is 20.3. The Bertz CT molecular complexity index is 437. The molecule has 1 aromatic heterocycles. The summed E-state index contributed by atoms with van der Waals surface area (Å²) in [6.45, 7) is 0.312. The first-order valence-electron chi connectivity index (χ1n) is 6.72. The van der Waals surface area contributed by atoms with Gasteiger partial charge in [0.2, 0.25) is 11.5 Å². The number of hydrogen-bond acceptors (Lipinski definition) is 5. The minimum atomic E-state index is -1.28. The summed E-state index contributed by atoms with van der Waals surface area (Å²) < 4.78 is 4.41. The van der Waals surface area contributed by atoms with E-state index in [0.29, 0.717) is 0 Å². The Balaban J connectivity index is 0.000000211. The van der Waals surface area contributed by atoms with Gasteiger partial charge in [-0.05, 0) is 25.0 Å². The van der Waals surface area contributed by atoms with Crippen molar-refractivity contribution in [1.29, 1.82) is 0 Å². The van der Waals surface area contributed by atoms with E-state index >= 15 is 0 Å². The predicted octanol–water partition coefficient (Wildman–Crippen LogP) is 1.60. The van der Waals surface area contributed by atoms with Gasteiger partial charge in [-0.3, -0.25) is 0 Å². The van der Waals surface area contributed by atoms with Crippen LogP contribution in [-0.4, -0.2) is 45.6 Å². The minimum Gasteiger partial charge on any atom is -0.475 e. The number of rotatable bonds is 4. The molecule has 0 amide bonds. The van der Waals surface area contributed by atoms with Crippen molar-refractivity contribution >= 4 is 11.9 Å². The zero-order valence-corrected chi connectivity index (χ0v) is 11.6. The molecule has 1 heterocycles. The zero-order valence-electron chi connectivity index (χ0n) is 11.6. The first-order chi connectivity index (χ1) is 9.94. The van der Waals surface area contributed by atoms with Crippen LogP contribution in [0.4, 0.5) is 0 Å². The Morgan fingerprint density at radius 2 is 1.38 bits per heavy atom. The van der Waals surface area contributed by atoms with Crippen LogP contribution < -0.4 is 0 Å². The highest BCUT2D eigenvalue weighted by Gasteiger charge is 2.30. The number of furan rings is 1. The van der Waals surface area contributed by atoms with Crippen molar-refractivity contribution in [3.8, 4) is 0 Å². The van der Waals surface area contributed by atoms with Gasteiger partial charge in [0.05, 0.1) is 13.2 Å². The van der Waals surface area contributed by atoms with E-state index in [1.165, 1.54) is 19.3 Å². The zero-order chi connectivity index (χ0) is 15.9. The van der Waals surface area contributed by atoms with Crippen LogP contribution in [-0.2, 0) is 0 Å². The van der Waals surface area contributed by atoms with E-state index in [2.05, 4.69) is 4.42 Å². The molecule has 0 aliphatic heterocycles. The summed E-state index contributed by atoms with van der Waals surface area (Å²) in [5.74, 6) is -3.31. The molecule has 1 aliphatic carbocycles. The number of aliphatic hydroxyl groups is 2. The van der Waals surface area contributed by atoms with E-state index < -0.39 is 11.9 Å². The normalized spacial score (nSPS) is 16.7. The van der Waals surface area contributed by atoms with Crippen LogP contribution in [0.15, 0.2) is 16.5 Å². The van der Waals surface area contributed by atoms with Crippen molar-refractivity contribution in [1.82, 2.24) is 0 Å². The van der Waals surface area contributed by atoms with Gasteiger partial charge >= 0.3 is 11.9 Å². The lowest BCUT2D eigenvalue weighted by Gasteiger charge is -2.33. The maximum Gasteiger partial charge on any atom is 0.371 e. The minimum absolute atomic E-state index is 0.127. The quantitative estimate of drug-likeness (QED) is 0.664. The Labute approximate surface area is 121 Å². The van der Waals surface area contributed by atoms with Gasteiger partial charge in [0, 0.05) is 5.41 Å². The summed E-state index contributed by atoms with van der Waals surface area (Å²) in [6.07, 6.45) is 5.60. The highest BCUT2D eigenvalue weighted by molar-refractivity contribution is 5.88. The molecule has 0 spiro atoms. The average Bonchev–Trinajstić information content (AvgIpc) is 2.99. The average molecular weight is 300 g/mol. The Kier molecular flexibility index (Phi) is 6.39. The smallest absolute Gasteiger partial charge is 0.371 e. The second kappa shape index (κ2) is 7.80. The first kappa shape index (κ1) is 17.2. The monoisotopic (exact) mass is 300 g/mol. The van der Waals surface area contributed by atoms with Gasteiger partial charge in [0.15, 0.2) is 0 Å². The Morgan fingerprint density at radius 3 is 1.62 bits per heavy atom. The van der Waals surface area contributed by atoms with E-state index in [0.717, 1.165) is 25.0 Å². The van der Waals surface area contributed by atoms with Crippen molar-refractivity contribution in [2.75, 3.05) is 13.2 Å². The van der Waals surface area contributed by atoms with Gasteiger partial charge in [-0.1, -0.05) is 19.3 Å². The maximum absolute atomic E-state index is 10.2. The molecule has 0 unspecified atom stereocenters. The molecule has 0 atom stereocenters. The van der Waals surface area contributed by atoms with Gasteiger partial charge in [-0.15, -0.1) is 0 Å². The largest absolute Gasteiger partial charge is 0.475 e. The molecule has 7 nitrogen and oxygen atoms in total. The molecular formula is C14H20O7. The number of carboxylic acid groups (broad SMARTS) is 2. The molecule has 1 aliphatic rings. The third-order valence-corrected chi connectivity index (χ3v) is 3.61. The van der Waals surface area contributed by atoms with Crippen LogP contribution in [0.3, 0.4) is 0 Å². The number of aliphatic hydroxyl groups excluding tert-OH is 2. The molecule has 21 heavy (non-hydrogen) atoms. The molecule has 0 saturated heterocycles. The van der Waals surface area contributed by atoms with Crippen LogP contribution in [0.5, 0.6) is 0 Å². The van der Waals surface area contributed by atoms with E-state index in [1.807, 2.05) is 0 Å². The molecule has 7 heteroatoms. The Morgan fingerprint density at radius 1 is 0.952 bits per heavy atom. The lowest BCUT2D eigenvalue weighted by Crippen LogP contribution is -2.31. The fraction of sp³-hybridized carbons (Fsp3) is 0.571. The second-order valence-electron chi connectivity index (χ2n) is 5.15. The highest BCUT2D eigenvalue weighted by Crippen LogP contribution is 2.34. The molecule has 1 fully saturated rings. The SMILES string of the molecule is O=C(O)c1ccc(C(=O)O)o1.OCC1(CO)CCCCC1. The Hall–Kier alpha value is -1.86. The summed E-state index contributed by atoms with van der Waals surface area (Å²) >= 11 is 0. The summed E-state index contributed by atoms with van der Waals surface area (Å²) in [7, 11) is 0. The number of hydrogen-bond donors (Lipinski definition) is 4. The molecule has 0 radical (unpaired) electrons. The van der Waals surface area contributed by atoms with E-state index in [1.54, 1.807) is 0 Å². The number of carboxylic acids is 2. The maximum atomic E-state index is 10.2. The fourth-order valence-electron chi connectivity index (χ4n) is 2.24. The first-order valence-corrected chi connectivity index (χ1v) is 6.72. The molecule has 1 aromatic rings. The molecule has 4 N–H and O–H groups in total. The summed E-state index contributed by atoms with van der Waals surface area (Å²) in [5.41, 5.74) is -0.127. The molecule has 1 saturated carbocycles. The van der Waals surface area contributed by atoms with E-state index in [9.17, 15) is 9.59 Å². The van der Waals surface area contributed by atoms with Crippen LogP contribution in [0.2, 0.25) is 0 Å². The topological polar surface area (TPSA) is 128 Å². The number of aromatic carboxylic acids is 2. The van der Waals surface area contributed by atoms with Crippen molar-refractivity contribution in [2.24, 2.45) is 5.41 Å². The van der Waals surface area contributed by atoms with E-state index in [-0.39, 0.29) is 30.1 Å². The second-order valence-corrected chi connectivity index (χ2v) is 5.15. The fourth-order valence-corrected chi connectivity index (χ4v) is 2.24. The third kappa shape index (κ3) is 4.87. The van der Waals surface area contributed by atoms with Gasteiger partial charge in [-0.2, -0.15) is 0 Å². The van der Waals surface area contributed by atoms with Gasteiger partial charge in [0.1, 0.15) is 0 Å². The van der Waals surface area contributed by atoms with Gasteiger partial charge in [-0.25, -0.2) is 9.59 Å². The number of carbonyl (C=O) groups is 2. The molecule has 118 valence electrons.